The first kappa shape index (κ1) is 6.93. The number of rotatable bonds is 0. The van der Waals surface area contributed by atoms with Gasteiger partial charge in [0.25, 0.3) is 0 Å². The van der Waals surface area contributed by atoms with Crippen molar-refractivity contribution >= 4 is 17.4 Å². The summed E-state index contributed by atoms with van der Waals surface area (Å²) in [6.07, 6.45) is 0. The lowest BCUT2D eigenvalue weighted by Gasteiger charge is -2.10. The molecule has 12 heavy (non-hydrogen) atoms. The molecule has 0 bridgehead atoms. The second-order valence-electron chi connectivity index (χ2n) is 2.35. The molecule has 5 nitrogen and oxygen atoms in total. The summed E-state index contributed by atoms with van der Waals surface area (Å²) in [6, 6.07) is 7.50. The van der Waals surface area contributed by atoms with Gasteiger partial charge >= 0.3 is 6.03 Å². The highest BCUT2D eigenvalue weighted by Gasteiger charge is 2.21. The van der Waals surface area contributed by atoms with Crippen LogP contribution < -0.4 is 21.7 Å². The molecule has 2 amide bonds. The smallest absolute Gasteiger partial charge is 0.335 e. The Labute approximate surface area is 69.1 Å². The molecule has 0 fully saturated rings. The molecule has 4 N–H and O–H groups in total. The Hall–Kier alpha value is -1.75. The maximum atomic E-state index is 10.8. The number of primary amides is 1. The molecule has 0 aromatic heterocycles. The zero-order valence-corrected chi connectivity index (χ0v) is 6.16. The highest BCUT2D eigenvalue weighted by Crippen LogP contribution is 2.27. The SMILES string of the molecule is NC(=O)N1NNc2c[c]ccc21. The Morgan fingerprint density at radius 1 is 1.67 bits per heavy atom. The second kappa shape index (κ2) is 2.38. The van der Waals surface area contributed by atoms with Crippen LogP contribution in [0.1, 0.15) is 0 Å². The molecule has 0 saturated carbocycles. The second-order valence-corrected chi connectivity index (χ2v) is 2.35. The molecule has 1 aromatic rings. The van der Waals surface area contributed by atoms with E-state index in [4.69, 9.17) is 5.73 Å². The molecule has 2 rings (SSSR count). The number of hydrogen-bond acceptors (Lipinski definition) is 3. The quantitative estimate of drug-likeness (QED) is 0.512. The fourth-order valence-corrected chi connectivity index (χ4v) is 1.07. The van der Waals surface area contributed by atoms with Gasteiger partial charge in [-0.1, -0.05) is 6.07 Å². The van der Waals surface area contributed by atoms with Crippen LogP contribution in [0.3, 0.4) is 0 Å². The standard InChI is InChI=1S/C7H7N4O/c8-7(12)11-6-4-2-1-3-5(6)9-10-11/h2-4,9-10H,(H2,8,12). The molecule has 1 aliphatic heterocycles. The molecule has 1 aromatic carbocycles. The molecule has 0 unspecified atom stereocenters. The van der Waals surface area contributed by atoms with Crippen LogP contribution in [-0.4, -0.2) is 6.03 Å². The zero-order chi connectivity index (χ0) is 8.55. The number of benzene rings is 1. The maximum absolute atomic E-state index is 10.8. The minimum atomic E-state index is -0.549. The highest BCUT2D eigenvalue weighted by atomic mass is 16.2. The lowest BCUT2D eigenvalue weighted by atomic mass is 10.3. The summed E-state index contributed by atoms with van der Waals surface area (Å²) in [5.41, 5.74) is 12.0. The van der Waals surface area contributed by atoms with E-state index < -0.39 is 6.03 Å². The van der Waals surface area contributed by atoms with E-state index in [1.165, 1.54) is 5.01 Å². The minimum absolute atomic E-state index is 0.549. The van der Waals surface area contributed by atoms with Crippen molar-refractivity contribution in [3.8, 4) is 0 Å². The summed E-state index contributed by atoms with van der Waals surface area (Å²) in [7, 11) is 0. The summed E-state index contributed by atoms with van der Waals surface area (Å²) >= 11 is 0. The van der Waals surface area contributed by atoms with Crippen LogP contribution in [0.25, 0.3) is 0 Å². The van der Waals surface area contributed by atoms with Gasteiger partial charge in [-0.25, -0.2) is 9.80 Å². The number of anilines is 2. The van der Waals surface area contributed by atoms with Crippen LogP contribution in [0.15, 0.2) is 18.2 Å². The van der Waals surface area contributed by atoms with Crippen molar-refractivity contribution in [1.82, 2.24) is 5.53 Å². The van der Waals surface area contributed by atoms with Crippen molar-refractivity contribution < 1.29 is 4.79 Å². The van der Waals surface area contributed by atoms with Crippen molar-refractivity contribution in [1.29, 1.82) is 0 Å². The van der Waals surface area contributed by atoms with Gasteiger partial charge in [0.2, 0.25) is 0 Å². The van der Waals surface area contributed by atoms with E-state index in [2.05, 4.69) is 17.0 Å². The number of nitrogens with zero attached hydrogens (tertiary/aromatic N) is 1. The Morgan fingerprint density at radius 3 is 3.25 bits per heavy atom. The van der Waals surface area contributed by atoms with Crippen LogP contribution >= 0.6 is 0 Å². The Bertz CT molecular complexity index is 325. The van der Waals surface area contributed by atoms with E-state index in [9.17, 15) is 4.79 Å². The van der Waals surface area contributed by atoms with Crippen molar-refractivity contribution in [3.63, 3.8) is 0 Å². The van der Waals surface area contributed by atoms with Crippen LogP contribution in [0.4, 0.5) is 16.2 Å². The molecule has 5 heteroatoms. The Kier molecular flexibility index (Phi) is 1.38. The Morgan fingerprint density at radius 2 is 2.50 bits per heavy atom. The summed E-state index contributed by atoms with van der Waals surface area (Å²) in [5, 5.41) is 1.23. The molecule has 1 heterocycles. The number of amides is 2. The number of hydrogen-bond donors (Lipinski definition) is 3. The van der Waals surface area contributed by atoms with Gasteiger partial charge in [0.15, 0.2) is 0 Å². The third-order valence-electron chi connectivity index (χ3n) is 1.60. The number of hydrazine groups is 2. The van der Waals surface area contributed by atoms with E-state index in [-0.39, 0.29) is 0 Å². The molecule has 0 spiro atoms. The maximum Gasteiger partial charge on any atom is 0.335 e. The number of nitrogens with one attached hydrogen (secondary N) is 2. The molecule has 0 saturated heterocycles. The number of urea groups is 1. The van der Waals surface area contributed by atoms with Crippen LogP contribution in [0.5, 0.6) is 0 Å². The molecule has 1 radical (unpaired) electrons. The number of carbonyl (C=O) groups excluding carboxylic acids is 1. The summed E-state index contributed by atoms with van der Waals surface area (Å²) in [5.74, 6) is 0. The predicted octanol–water partition coefficient (Wildman–Crippen LogP) is 0.217. The van der Waals surface area contributed by atoms with Crippen molar-refractivity contribution in [2.75, 3.05) is 10.4 Å². The van der Waals surface area contributed by atoms with Crippen molar-refractivity contribution in [2.45, 2.75) is 0 Å². The third kappa shape index (κ3) is 0.876. The first-order valence-electron chi connectivity index (χ1n) is 3.40. The first-order chi connectivity index (χ1) is 5.79. The van der Waals surface area contributed by atoms with Gasteiger partial charge in [0.1, 0.15) is 0 Å². The van der Waals surface area contributed by atoms with E-state index >= 15 is 0 Å². The van der Waals surface area contributed by atoms with Gasteiger partial charge in [-0.2, -0.15) is 0 Å². The molecule has 1 aliphatic rings. The monoisotopic (exact) mass is 163 g/mol. The number of nitrogens with two attached hydrogens (primary N) is 1. The normalized spacial score (nSPS) is 13.8. The van der Waals surface area contributed by atoms with Crippen molar-refractivity contribution in [2.24, 2.45) is 5.73 Å². The van der Waals surface area contributed by atoms with Gasteiger partial charge in [-0.15, -0.1) is 5.53 Å². The fraction of sp³-hybridized carbons (Fsp3) is 0. The lowest BCUT2D eigenvalue weighted by Crippen LogP contribution is -2.44. The van der Waals surface area contributed by atoms with Crippen molar-refractivity contribution in [3.05, 3.63) is 24.3 Å². The average Bonchev–Trinajstić information content (AvgIpc) is 2.47. The predicted molar refractivity (Wildman–Crippen MR) is 44.1 cm³/mol. The van der Waals surface area contributed by atoms with E-state index in [0.717, 1.165) is 5.69 Å². The van der Waals surface area contributed by atoms with Crippen LogP contribution in [0, 0.1) is 6.07 Å². The van der Waals surface area contributed by atoms with E-state index in [1.807, 2.05) is 0 Å². The fourth-order valence-electron chi connectivity index (χ4n) is 1.07. The molecule has 0 aliphatic carbocycles. The molecular weight excluding hydrogens is 156 g/mol. The molecule has 61 valence electrons. The Balaban J connectivity index is 2.42. The van der Waals surface area contributed by atoms with Crippen LogP contribution in [-0.2, 0) is 0 Å². The largest absolute Gasteiger partial charge is 0.350 e. The summed E-state index contributed by atoms with van der Waals surface area (Å²) in [4.78, 5) is 10.8. The average molecular weight is 163 g/mol. The first-order valence-corrected chi connectivity index (χ1v) is 3.40. The lowest BCUT2D eigenvalue weighted by molar-refractivity contribution is 0.252. The molecule has 0 atom stereocenters. The van der Waals surface area contributed by atoms with Gasteiger partial charge in [-0.3, -0.25) is 0 Å². The van der Waals surface area contributed by atoms with Crippen LogP contribution in [0.2, 0.25) is 0 Å². The number of fused-ring (bicyclic) bond motifs is 1. The van der Waals surface area contributed by atoms with Gasteiger partial charge < -0.3 is 11.2 Å². The number of carbonyl (C=O) groups is 1. The van der Waals surface area contributed by atoms with E-state index in [0.29, 0.717) is 5.69 Å². The van der Waals surface area contributed by atoms with E-state index in [1.54, 1.807) is 18.2 Å². The summed E-state index contributed by atoms with van der Waals surface area (Å²) < 4.78 is 0. The topological polar surface area (TPSA) is 70.4 Å². The molecular formula is C7H7N4O. The summed E-state index contributed by atoms with van der Waals surface area (Å²) in [6.45, 7) is 0. The highest BCUT2D eigenvalue weighted by molar-refractivity contribution is 5.95. The van der Waals surface area contributed by atoms with Gasteiger partial charge in [-0.05, 0) is 18.2 Å². The zero-order valence-electron chi connectivity index (χ0n) is 6.16. The van der Waals surface area contributed by atoms with Gasteiger partial charge in [0, 0.05) is 0 Å². The van der Waals surface area contributed by atoms with Gasteiger partial charge in [0.05, 0.1) is 11.4 Å². The third-order valence-corrected chi connectivity index (χ3v) is 1.60. The minimum Gasteiger partial charge on any atom is -0.350 e.